The van der Waals surface area contributed by atoms with Crippen LogP contribution in [0, 0.1) is 5.82 Å². The second-order valence-electron chi connectivity index (χ2n) is 4.56. The molecule has 0 amide bonds. The highest BCUT2D eigenvalue weighted by Gasteiger charge is 2.11. The Labute approximate surface area is 115 Å². The third kappa shape index (κ3) is 2.40. The van der Waals surface area contributed by atoms with Crippen LogP contribution in [0.5, 0.6) is 0 Å². The lowest BCUT2D eigenvalue weighted by molar-refractivity contribution is 0.295. The van der Waals surface area contributed by atoms with E-state index in [1.54, 1.807) is 12.3 Å². The molecular weight excluding hydrogens is 257 g/mol. The zero-order valence-corrected chi connectivity index (χ0v) is 10.8. The second-order valence-corrected chi connectivity index (χ2v) is 4.56. The molecule has 2 heterocycles. The molecule has 2 aromatic heterocycles. The van der Waals surface area contributed by atoms with Gasteiger partial charge in [-0.05, 0) is 29.8 Å². The van der Waals surface area contributed by atoms with E-state index >= 15 is 0 Å². The van der Waals surface area contributed by atoms with Gasteiger partial charge in [-0.25, -0.2) is 14.4 Å². The first kappa shape index (κ1) is 12.7. The van der Waals surface area contributed by atoms with E-state index in [0.717, 1.165) is 22.6 Å². The van der Waals surface area contributed by atoms with Crippen molar-refractivity contribution in [1.29, 1.82) is 0 Å². The van der Waals surface area contributed by atoms with Crippen molar-refractivity contribution in [3.05, 3.63) is 59.8 Å². The fourth-order valence-electron chi connectivity index (χ4n) is 2.28. The molecule has 0 spiro atoms. The Morgan fingerprint density at radius 3 is 2.90 bits per heavy atom. The summed E-state index contributed by atoms with van der Waals surface area (Å²) >= 11 is 0. The van der Waals surface area contributed by atoms with Crippen LogP contribution >= 0.6 is 0 Å². The van der Waals surface area contributed by atoms with Gasteiger partial charge in [0, 0.05) is 12.6 Å². The summed E-state index contributed by atoms with van der Waals surface area (Å²) in [7, 11) is 0. The number of imidazole rings is 1. The highest BCUT2D eigenvalue weighted by Crippen LogP contribution is 2.16. The number of hydrogen-bond acceptors (Lipinski definition) is 3. The molecule has 1 N–H and O–H groups in total. The Kier molecular flexibility index (Phi) is 3.43. The molecule has 0 saturated heterocycles. The van der Waals surface area contributed by atoms with Crippen molar-refractivity contribution in [1.82, 2.24) is 14.5 Å². The van der Waals surface area contributed by atoms with Crippen LogP contribution in [0.1, 0.15) is 11.4 Å². The van der Waals surface area contributed by atoms with E-state index in [-0.39, 0.29) is 12.4 Å². The second kappa shape index (κ2) is 5.38. The quantitative estimate of drug-likeness (QED) is 0.791. The number of pyridine rings is 1. The number of rotatable bonds is 4. The molecule has 1 aromatic carbocycles. The van der Waals surface area contributed by atoms with Crippen LogP contribution in [0.3, 0.4) is 0 Å². The first-order chi connectivity index (χ1) is 9.78. The zero-order valence-electron chi connectivity index (χ0n) is 10.8. The van der Waals surface area contributed by atoms with Crippen LogP contribution in [0.15, 0.2) is 42.6 Å². The van der Waals surface area contributed by atoms with Crippen LogP contribution in [0.4, 0.5) is 4.39 Å². The Morgan fingerprint density at radius 1 is 1.20 bits per heavy atom. The molecule has 0 aliphatic rings. The smallest absolute Gasteiger partial charge is 0.160 e. The SMILES string of the molecule is OCCc1nc2cccnc2n1Cc1cccc(F)c1. The zero-order chi connectivity index (χ0) is 13.9. The third-order valence-corrected chi connectivity index (χ3v) is 3.15. The van der Waals surface area contributed by atoms with E-state index in [4.69, 9.17) is 5.11 Å². The molecule has 3 rings (SSSR count). The lowest BCUT2D eigenvalue weighted by Gasteiger charge is -2.08. The molecule has 0 saturated carbocycles. The van der Waals surface area contributed by atoms with Gasteiger partial charge in [-0.3, -0.25) is 0 Å². The van der Waals surface area contributed by atoms with Gasteiger partial charge in [-0.15, -0.1) is 0 Å². The Bertz CT molecular complexity index is 739. The van der Waals surface area contributed by atoms with E-state index in [1.807, 2.05) is 22.8 Å². The van der Waals surface area contributed by atoms with Crippen LogP contribution < -0.4 is 0 Å². The highest BCUT2D eigenvalue weighted by atomic mass is 19.1. The number of aliphatic hydroxyl groups is 1. The van der Waals surface area contributed by atoms with E-state index < -0.39 is 0 Å². The minimum absolute atomic E-state index is 0.0203. The summed E-state index contributed by atoms with van der Waals surface area (Å²) in [6.45, 7) is 0.507. The predicted molar refractivity (Wildman–Crippen MR) is 73.8 cm³/mol. The van der Waals surface area contributed by atoms with Crippen molar-refractivity contribution in [3.8, 4) is 0 Å². The van der Waals surface area contributed by atoms with E-state index in [2.05, 4.69) is 9.97 Å². The summed E-state index contributed by atoms with van der Waals surface area (Å²) in [5, 5.41) is 9.15. The van der Waals surface area contributed by atoms with Gasteiger partial charge in [0.2, 0.25) is 0 Å². The molecule has 4 nitrogen and oxygen atoms in total. The van der Waals surface area contributed by atoms with Gasteiger partial charge in [0.15, 0.2) is 5.65 Å². The molecule has 20 heavy (non-hydrogen) atoms. The van der Waals surface area contributed by atoms with E-state index in [0.29, 0.717) is 13.0 Å². The molecule has 0 aliphatic heterocycles. The standard InChI is InChI=1S/C15H14FN3O/c16-12-4-1-3-11(9-12)10-19-14(6-8-20)18-13-5-2-7-17-15(13)19/h1-5,7,9,20H,6,8,10H2. The lowest BCUT2D eigenvalue weighted by atomic mass is 10.2. The van der Waals surface area contributed by atoms with Crippen molar-refractivity contribution in [2.24, 2.45) is 0 Å². The third-order valence-electron chi connectivity index (χ3n) is 3.15. The van der Waals surface area contributed by atoms with Crippen molar-refractivity contribution >= 4 is 11.2 Å². The number of benzene rings is 1. The number of fused-ring (bicyclic) bond motifs is 1. The normalized spacial score (nSPS) is 11.1. The average molecular weight is 271 g/mol. The van der Waals surface area contributed by atoms with Gasteiger partial charge in [0.1, 0.15) is 17.2 Å². The number of aliphatic hydroxyl groups excluding tert-OH is 1. The van der Waals surface area contributed by atoms with Crippen LogP contribution in [0.2, 0.25) is 0 Å². The number of nitrogens with zero attached hydrogens (tertiary/aromatic N) is 3. The molecule has 0 atom stereocenters. The molecule has 5 heteroatoms. The van der Waals surface area contributed by atoms with Gasteiger partial charge in [0.05, 0.1) is 13.2 Å². The van der Waals surface area contributed by atoms with Crippen LogP contribution in [0.25, 0.3) is 11.2 Å². The van der Waals surface area contributed by atoms with Crippen molar-refractivity contribution < 1.29 is 9.50 Å². The van der Waals surface area contributed by atoms with E-state index in [9.17, 15) is 4.39 Å². The maximum absolute atomic E-state index is 13.3. The molecular formula is C15H14FN3O. The van der Waals surface area contributed by atoms with Gasteiger partial charge >= 0.3 is 0 Å². The maximum atomic E-state index is 13.3. The first-order valence-electron chi connectivity index (χ1n) is 6.43. The highest BCUT2D eigenvalue weighted by molar-refractivity contribution is 5.71. The summed E-state index contributed by atoms with van der Waals surface area (Å²) in [6.07, 6.45) is 2.15. The van der Waals surface area contributed by atoms with E-state index in [1.165, 1.54) is 12.1 Å². The Morgan fingerprint density at radius 2 is 2.10 bits per heavy atom. The summed E-state index contributed by atoms with van der Waals surface area (Å²) in [5.41, 5.74) is 2.38. The topological polar surface area (TPSA) is 50.9 Å². The van der Waals surface area contributed by atoms with Gasteiger partial charge in [0.25, 0.3) is 0 Å². The van der Waals surface area contributed by atoms with Gasteiger partial charge in [-0.2, -0.15) is 0 Å². The molecule has 0 aliphatic carbocycles. The largest absolute Gasteiger partial charge is 0.396 e. The minimum atomic E-state index is -0.261. The number of aromatic nitrogens is 3. The monoisotopic (exact) mass is 271 g/mol. The van der Waals surface area contributed by atoms with Crippen LogP contribution in [-0.2, 0) is 13.0 Å². The summed E-state index contributed by atoms with van der Waals surface area (Å²) < 4.78 is 15.2. The van der Waals surface area contributed by atoms with Crippen LogP contribution in [-0.4, -0.2) is 26.2 Å². The fraction of sp³-hybridized carbons (Fsp3) is 0.200. The number of hydrogen-bond donors (Lipinski definition) is 1. The molecule has 102 valence electrons. The molecule has 0 fully saturated rings. The number of halogens is 1. The van der Waals surface area contributed by atoms with Crippen molar-refractivity contribution in [3.63, 3.8) is 0 Å². The predicted octanol–water partition coefficient (Wildman–Crippen LogP) is 2.15. The van der Waals surface area contributed by atoms with Crippen molar-refractivity contribution in [2.75, 3.05) is 6.61 Å². The summed E-state index contributed by atoms with van der Waals surface area (Å²) in [5.74, 6) is 0.494. The molecule has 3 aromatic rings. The van der Waals surface area contributed by atoms with Gasteiger partial charge < -0.3 is 9.67 Å². The fourth-order valence-corrected chi connectivity index (χ4v) is 2.28. The average Bonchev–Trinajstić information content (AvgIpc) is 2.78. The lowest BCUT2D eigenvalue weighted by Crippen LogP contribution is -2.07. The van der Waals surface area contributed by atoms with Crippen molar-refractivity contribution in [2.45, 2.75) is 13.0 Å². The minimum Gasteiger partial charge on any atom is -0.396 e. The molecule has 0 radical (unpaired) electrons. The maximum Gasteiger partial charge on any atom is 0.160 e. The summed E-state index contributed by atoms with van der Waals surface area (Å²) in [4.78, 5) is 8.80. The molecule has 0 bridgehead atoms. The Balaban J connectivity index is 2.06. The Hall–Kier alpha value is -2.27. The first-order valence-corrected chi connectivity index (χ1v) is 6.43. The van der Waals surface area contributed by atoms with Gasteiger partial charge in [-0.1, -0.05) is 12.1 Å². The molecule has 0 unspecified atom stereocenters. The summed E-state index contributed by atoms with van der Waals surface area (Å²) in [6, 6.07) is 10.2.